The molecule has 1 atom stereocenters. The maximum Gasteiger partial charge on any atom is 0.453 e. The molecule has 0 aromatic carbocycles. The zero-order valence-electron chi connectivity index (χ0n) is 11.9. The normalized spacial score (nSPS) is 18.9. The summed E-state index contributed by atoms with van der Waals surface area (Å²) in [4.78, 5) is 2.04. The summed E-state index contributed by atoms with van der Waals surface area (Å²) < 4.78 is 39.7. The summed E-state index contributed by atoms with van der Waals surface area (Å²) in [6.07, 6.45) is -2.64. The highest BCUT2D eigenvalue weighted by atomic mass is 32.1. The highest BCUT2D eigenvalue weighted by Crippen LogP contribution is 2.36. The van der Waals surface area contributed by atoms with Crippen molar-refractivity contribution >= 4 is 22.8 Å². The second kappa shape index (κ2) is 5.19. The molecule has 4 heterocycles. The second-order valence-corrected chi connectivity index (χ2v) is 6.17. The molecule has 1 aliphatic heterocycles. The fourth-order valence-corrected chi connectivity index (χ4v) is 3.67. The van der Waals surface area contributed by atoms with Gasteiger partial charge in [-0.2, -0.15) is 29.0 Å². The molecule has 4 rings (SSSR count). The monoisotopic (exact) mass is 339 g/mol. The largest absolute Gasteiger partial charge is 0.453 e. The van der Waals surface area contributed by atoms with Crippen LogP contribution in [0, 0.1) is 0 Å². The standard InChI is InChI=1S/C14H12F3N5S/c15-14(16,17)13-19-18-11-3-4-12(20-22(11)13)21-6-1-2-10(21)9-5-7-23-8-9/h3-5,7-8,10H,1-2,6H2/t10-/m0/s1. The Hall–Kier alpha value is -2.16. The molecule has 120 valence electrons. The highest BCUT2D eigenvalue weighted by molar-refractivity contribution is 7.08. The predicted octanol–water partition coefficient (Wildman–Crippen LogP) is 3.55. The molecule has 0 N–H and O–H groups in total. The van der Waals surface area contributed by atoms with Gasteiger partial charge in [-0.25, -0.2) is 0 Å². The van der Waals surface area contributed by atoms with Crippen molar-refractivity contribution in [2.45, 2.75) is 25.1 Å². The molecule has 0 radical (unpaired) electrons. The Balaban J connectivity index is 1.77. The lowest BCUT2D eigenvalue weighted by atomic mass is 10.1. The van der Waals surface area contributed by atoms with E-state index >= 15 is 0 Å². The van der Waals surface area contributed by atoms with Gasteiger partial charge in [-0.3, -0.25) is 0 Å². The average molecular weight is 339 g/mol. The molecule has 3 aromatic heterocycles. The van der Waals surface area contributed by atoms with Crippen LogP contribution in [-0.4, -0.2) is 26.4 Å². The van der Waals surface area contributed by atoms with Gasteiger partial charge in [0, 0.05) is 6.54 Å². The molecule has 23 heavy (non-hydrogen) atoms. The van der Waals surface area contributed by atoms with Gasteiger partial charge in [0.15, 0.2) is 5.65 Å². The zero-order valence-corrected chi connectivity index (χ0v) is 12.7. The van der Waals surface area contributed by atoms with Crippen LogP contribution in [0.25, 0.3) is 5.65 Å². The molecule has 0 saturated carbocycles. The molecule has 1 saturated heterocycles. The maximum absolute atomic E-state index is 13.0. The van der Waals surface area contributed by atoms with Gasteiger partial charge in [0.25, 0.3) is 5.82 Å². The first-order chi connectivity index (χ1) is 11.0. The van der Waals surface area contributed by atoms with Crippen molar-refractivity contribution in [3.63, 3.8) is 0 Å². The minimum absolute atomic E-state index is 0.0901. The van der Waals surface area contributed by atoms with Gasteiger partial charge in [-0.05, 0) is 47.4 Å². The molecular weight excluding hydrogens is 327 g/mol. The van der Waals surface area contributed by atoms with Gasteiger partial charge in [-0.1, -0.05) is 0 Å². The number of aromatic nitrogens is 4. The van der Waals surface area contributed by atoms with E-state index in [0.717, 1.165) is 23.9 Å². The van der Waals surface area contributed by atoms with Crippen LogP contribution in [0.1, 0.15) is 30.3 Å². The fourth-order valence-electron chi connectivity index (χ4n) is 2.96. The number of hydrogen-bond acceptors (Lipinski definition) is 5. The fraction of sp³-hybridized carbons (Fsp3) is 0.357. The first kappa shape index (κ1) is 14.4. The Morgan fingerprint density at radius 3 is 2.78 bits per heavy atom. The molecule has 9 heteroatoms. The van der Waals surface area contributed by atoms with Crippen LogP contribution in [0.2, 0.25) is 0 Å². The lowest BCUT2D eigenvalue weighted by Crippen LogP contribution is -2.24. The second-order valence-electron chi connectivity index (χ2n) is 5.39. The summed E-state index contributed by atoms with van der Waals surface area (Å²) in [6, 6.07) is 5.42. The Labute approximate surface area is 133 Å². The number of alkyl halides is 3. The molecule has 0 aliphatic carbocycles. The third kappa shape index (κ3) is 2.44. The average Bonchev–Trinajstić information content (AvgIpc) is 3.24. The van der Waals surface area contributed by atoms with Crippen LogP contribution in [0.4, 0.5) is 19.0 Å². The zero-order chi connectivity index (χ0) is 16.0. The lowest BCUT2D eigenvalue weighted by Gasteiger charge is -2.25. The summed E-state index contributed by atoms with van der Waals surface area (Å²) in [5.74, 6) is -0.586. The number of rotatable bonds is 2. The highest BCUT2D eigenvalue weighted by Gasteiger charge is 2.38. The van der Waals surface area contributed by atoms with E-state index < -0.39 is 12.0 Å². The molecule has 3 aromatic rings. The molecular formula is C14H12F3N5S. The van der Waals surface area contributed by atoms with Crippen molar-refractivity contribution in [2.24, 2.45) is 0 Å². The van der Waals surface area contributed by atoms with E-state index in [2.05, 4.69) is 20.7 Å². The Morgan fingerprint density at radius 1 is 1.17 bits per heavy atom. The van der Waals surface area contributed by atoms with Gasteiger partial charge < -0.3 is 4.90 Å². The van der Waals surface area contributed by atoms with E-state index in [1.165, 1.54) is 11.6 Å². The van der Waals surface area contributed by atoms with E-state index in [0.29, 0.717) is 5.82 Å². The minimum Gasteiger partial charge on any atom is -0.348 e. The molecule has 0 spiro atoms. The summed E-state index contributed by atoms with van der Waals surface area (Å²) >= 11 is 1.61. The molecule has 1 fully saturated rings. The molecule has 5 nitrogen and oxygen atoms in total. The minimum atomic E-state index is -4.58. The molecule has 0 amide bonds. The van der Waals surface area contributed by atoms with Crippen molar-refractivity contribution in [1.29, 1.82) is 0 Å². The summed E-state index contributed by atoms with van der Waals surface area (Å²) in [6.45, 7) is 0.766. The number of nitrogens with zero attached hydrogens (tertiary/aromatic N) is 5. The van der Waals surface area contributed by atoms with Gasteiger partial charge in [0.1, 0.15) is 5.82 Å². The van der Waals surface area contributed by atoms with Crippen LogP contribution >= 0.6 is 11.3 Å². The predicted molar refractivity (Wildman–Crippen MR) is 79.4 cm³/mol. The van der Waals surface area contributed by atoms with Crippen molar-refractivity contribution in [3.8, 4) is 0 Å². The third-order valence-corrected chi connectivity index (χ3v) is 4.68. The van der Waals surface area contributed by atoms with Crippen molar-refractivity contribution in [2.75, 3.05) is 11.4 Å². The Bertz CT molecular complexity index is 827. The molecule has 0 unspecified atom stereocenters. The summed E-state index contributed by atoms with van der Waals surface area (Å²) in [5.41, 5.74) is 1.27. The van der Waals surface area contributed by atoms with E-state index in [1.807, 2.05) is 16.3 Å². The summed E-state index contributed by atoms with van der Waals surface area (Å²) in [5, 5.41) is 15.0. The van der Waals surface area contributed by atoms with E-state index in [9.17, 15) is 13.2 Å². The van der Waals surface area contributed by atoms with Crippen LogP contribution in [0.5, 0.6) is 0 Å². The van der Waals surface area contributed by atoms with Crippen LogP contribution in [0.15, 0.2) is 29.0 Å². The lowest BCUT2D eigenvalue weighted by molar-refractivity contribution is -0.146. The molecule has 0 bridgehead atoms. The number of hydrogen-bond donors (Lipinski definition) is 0. The SMILES string of the molecule is FC(F)(F)c1nnc2ccc(N3CCC[C@H]3c3ccsc3)nn12. The smallest absolute Gasteiger partial charge is 0.348 e. The Morgan fingerprint density at radius 2 is 2.04 bits per heavy atom. The number of thiophene rings is 1. The van der Waals surface area contributed by atoms with Gasteiger partial charge in [0.05, 0.1) is 6.04 Å². The number of fused-ring (bicyclic) bond motifs is 1. The first-order valence-corrected chi connectivity index (χ1v) is 8.07. The Kier molecular flexibility index (Phi) is 3.26. The third-order valence-electron chi connectivity index (χ3n) is 3.98. The van der Waals surface area contributed by atoms with Crippen molar-refractivity contribution < 1.29 is 13.2 Å². The van der Waals surface area contributed by atoms with E-state index in [4.69, 9.17) is 0 Å². The van der Waals surface area contributed by atoms with Crippen LogP contribution < -0.4 is 4.90 Å². The van der Waals surface area contributed by atoms with Crippen LogP contribution in [0.3, 0.4) is 0 Å². The van der Waals surface area contributed by atoms with E-state index in [-0.39, 0.29) is 11.7 Å². The topological polar surface area (TPSA) is 46.3 Å². The summed E-state index contributed by atoms with van der Waals surface area (Å²) in [7, 11) is 0. The van der Waals surface area contributed by atoms with E-state index in [1.54, 1.807) is 17.4 Å². The maximum atomic E-state index is 13.0. The van der Waals surface area contributed by atoms with Crippen LogP contribution in [-0.2, 0) is 6.18 Å². The molecule has 1 aliphatic rings. The van der Waals surface area contributed by atoms with Gasteiger partial charge >= 0.3 is 6.18 Å². The first-order valence-electron chi connectivity index (χ1n) is 7.12. The number of halogens is 3. The number of anilines is 1. The quantitative estimate of drug-likeness (QED) is 0.716. The van der Waals surface area contributed by atoms with Gasteiger partial charge in [0.2, 0.25) is 0 Å². The van der Waals surface area contributed by atoms with Crippen molar-refractivity contribution in [3.05, 3.63) is 40.3 Å². The van der Waals surface area contributed by atoms with Gasteiger partial charge in [-0.15, -0.1) is 15.3 Å². The van der Waals surface area contributed by atoms with Crippen molar-refractivity contribution in [1.82, 2.24) is 19.8 Å².